The van der Waals surface area contributed by atoms with Crippen LogP contribution >= 0.6 is 0 Å². The number of amides is 2. The molecule has 0 radical (unpaired) electrons. The van der Waals surface area contributed by atoms with E-state index in [0.29, 0.717) is 23.5 Å². The van der Waals surface area contributed by atoms with Crippen LogP contribution in [0.4, 0.5) is 0 Å². The van der Waals surface area contributed by atoms with E-state index in [-0.39, 0.29) is 5.91 Å². The minimum atomic E-state index is -0.422. The summed E-state index contributed by atoms with van der Waals surface area (Å²) in [4.78, 5) is 25.1. The van der Waals surface area contributed by atoms with Crippen molar-refractivity contribution < 1.29 is 14.3 Å². The molecule has 6 nitrogen and oxygen atoms in total. The number of nitrogens with zero attached hydrogens (tertiary/aromatic N) is 1. The lowest BCUT2D eigenvalue weighted by Crippen LogP contribution is -2.41. The molecule has 0 saturated heterocycles. The van der Waals surface area contributed by atoms with Crippen molar-refractivity contribution in [3.05, 3.63) is 102 Å². The number of rotatable bonds is 5. The lowest BCUT2D eigenvalue weighted by atomic mass is 10.2. The molecule has 0 fully saturated rings. The summed E-state index contributed by atoms with van der Waals surface area (Å²) in [7, 11) is 1.87. The molecule has 1 aromatic heterocycles. The van der Waals surface area contributed by atoms with Crippen molar-refractivity contribution in [3.8, 4) is 5.75 Å². The van der Waals surface area contributed by atoms with Crippen LogP contribution in [0.25, 0.3) is 10.9 Å². The van der Waals surface area contributed by atoms with Gasteiger partial charge in [-0.3, -0.25) is 20.4 Å². The van der Waals surface area contributed by atoms with Crippen LogP contribution in [0.5, 0.6) is 5.75 Å². The van der Waals surface area contributed by atoms with Crippen LogP contribution in [-0.4, -0.2) is 16.4 Å². The van der Waals surface area contributed by atoms with E-state index in [9.17, 15) is 9.59 Å². The average molecular weight is 399 g/mol. The lowest BCUT2D eigenvalue weighted by molar-refractivity contribution is 0.0847. The number of fused-ring (bicyclic) bond motifs is 1. The molecule has 150 valence electrons. The van der Waals surface area contributed by atoms with Crippen LogP contribution in [-0.2, 0) is 13.7 Å². The fourth-order valence-electron chi connectivity index (χ4n) is 3.24. The van der Waals surface area contributed by atoms with Gasteiger partial charge in [-0.15, -0.1) is 0 Å². The molecule has 0 unspecified atom stereocenters. The second-order valence-corrected chi connectivity index (χ2v) is 6.88. The van der Waals surface area contributed by atoms with Gasteiger partial charge in [0.25, 0.3) is 11.8 Å². The molecule has 2 amide bonds. The number of nitrogens with one attached hydrogen (secondary N) is 2. The number of aromatic nitrogens is 1. The van der Waals surface area contributed by atoms with E-state index in [1.807, 2.05) is 66.2 Å². The Hall–Kier alpha value is -4.06. The smallest absolute Gasteiger partial charge is 0.271 e. The summed E-state index contributed by atoms with van der Waals surface area (Å²) in [6.45, 7) is 0.406. The molecule has 0 bridgehead atoms. The highest BCUT2D eigenvalue weighted by molar-refractivity contribution is 6.08. The topological polar surface area (TPSA) is 72.4 Å². The molecule has 0 aliphatic carbocycles. The van der Waals surface area contributed by atoms with Crippen LogP contribution in [0.15, 0.2) is 85.1 Å². The fraction of sp³-hybridized carbons (Fsp3) is 0.0833. The van der Waals surface area contributed by atoms with Crippen molar-refractivity contribution in [2.24, 2.45) is 7.05 Å². The van der Waals surface area contributed by atoms with Crippen LogP contribution in [0, 0.1) is 0 Å². The van der Waals surface area contributed by atoms with E-state index in [4.69, 9.17) is 4.74 Å². The highest BCUT2D eigenvalue weighted by atomic mass is 16.5. The molecule has 0 aliphatic heterocycles. The molecule has 2 N–H and O–H groups in total. The largest absolute Gasteiger partial charge is 0.489 e. The molecule has 0 spiro atoms. The molecular weight excluding hydrogens is 378 g/mol. The van der Waals surface area contributed by atoms with Crippen molar-refractivity contribution in [1.82, 2.24) is 15.4 Å². The molecule has 4 rings (SSSR count). The summed E-state index contributed by atoms with van der Waals surface area (Å²) >= 11 is 0. The number of hydrazine groups is 1. The number of aryl methyl sites for hydroxylation is 1. The first kappa shape index (κ1) is 19.3. The van der Waals surface area contributed by atoms with E-state index in [2.05, 4.69) is 10.9 Å². The van der Waals surface area contributed by atoms with Gasteiger partial charge in [0.1, 0.15) is 12.4 Å². The zero-order chi connectivity index (χ0) is 20.9. The molecule has 6 heteroatoms. The Morgan fingerprint density at radius 1 is 0.867 bits per heavy atom. The van der Waals surface area contributed by atoms with Crippen LogP contribution in [0.2, 0.25) is 0 Å². The second-order valence-electron chi connectivity index (χ2n) is 6.88. The van der Waals surface area contributed by atoms with Gasteiger partial charge in [0, 0.05) is 29.7 Å². The maximum absolute atomic E-state index is 12.6. The summed E-state index contributed by atoms with van der Waals surface area (Å²) in [5.41, 5.74) is 7.82. The summed E-state index contributed by atoms with van der Waals surface area (Å²) in [6, 6.07) is 24.2. The third-order valence-electron chi connectivity index (χ3n) is 4.78. The van der Waals surface area contributed by atoms with Crippen molar-refractivity contribution in [1.29, 1.82) is 0 Å². The standard InChI is InChI=1S/C24H21N3O3/c1-27-15-21(20-12-5-6-13-22(20)27)24(29)26-25-23(28)18-10-7-11-19(14-18)30-16-17-8-3-2-4-9-17/h2-15H,16H2,1H3,(H,25,28)(H,26,29). The van der Waals surface area contributed by atoms with E-state index in [1.165, 1.54) is 0 Å². The predicted molar refractivity (Wildman–Crippen MR) is 115 cm³/mol. The summed E-state index contributed by atoms with van der Waals surface area (Å²) < 4.78 is 7.63. The van der Waals surface area contributed by atoms with Gasteiger partial charge in [-0.2, -0.15) is 0 Å². The van der Waals surface area contributed by atoms with Crippen LogP contribution < -0.4 is 15.6 Å². The Morgan fingerprint density at radius 3 is 2.43 bits per heavy atom. The Bertz CT molecular complexity index is 1200. The van der Waals surface area contributed by atoms with Gasteiger partial charge in [0.05, 0.1) is 5.56 Å². The van der Waals surface area contributed by atoms with E-state index >= 15 is 0 Å². The van der Waals surface area contributed by atoms with E-state index < -0.39 is 5.91 Å². The fourth-order valence-corrected chi connectivity index (χ4v) is 3.24. The number of hydrogen-bond donors (Lipinski definition) is 2. The van der Waals surface area contributed by atoms with Crippen molar-refractivity contribution in [3.63, 3.8) is 0 Å². The zero-order valence-corrected chi connectivity index (χ0v) is 16.5. The Labute approximate surface area is 174 Å². The van der Waals surface area contributed by atoms with Gasteiger partial charge < -0.3 is 9.30 Å². The SMILES string of the molecule is Cn1cc(C(=O)NNC(=O)c2cccc(OCc3ccccc3)c2)c2ccccc21. The van der Waals surface area contributed by atoms with Gasteiger partial charge in [-0.1, -0.05) is 54.6 Å². The highest BCUT2D eigenvalue weighted by Crippen LogP contribution is 2.20. The minimum absolute atomic E-state index is 0.378. The van der Waals surface area contributed by atoms with Crippen LogP contribution in [0.1, 0.15) is 26.3 Å². The number of ether oxygens (including phenoxy) is 1. The number of hydrogen-bond acceptors (Lipinski definition) is 3. The van der Waals surface area contributed by atoms with Crippen LogP contribution in [0.3, 0.4) is 0 Å². The normalized spacial score (nSPS) is 10.6. The molecule has 3 aromatic carbocycles. The maximum Gasteiger partial charge on any atom is 0.271 e. The first-order valence-electron chi connectivity index (χ1n) is 9.53. The van der Waals surface area contributed by atoms with E-state index in [0.717, 1.165) is 16.5 Å². The minimum Gasteiger partial charge on any atom is -0.489 e. The molecule has 30 heavy (non-hydrogen) atoms. The van der Waals surface area contributed by atoms with Gasteiger partial charge in [-0.05, 0) is 29.8 Å². The van der Waals surface area contributed by atoms with E-state index in [1.54, 1.807) is 30.5 Å². The maximum atomic E-state index is 12.6. The lowest BCUT2D eigenvalue weighted by Gasteiger charge is -2.09. The highest BCUT2D eigenvalue weighted by Gasteiger charge is 2.15. The first-order valence-corrected chi connectivity index (χ1v) is 9.53. The molecule has 0 atom stereocenters. The summed E-state index contributed by atoms with van der Waals surface area (Å²) in [6.07, 6.45) is 1.74. The Kier molecular flexibility index (Phi) is 5.48. The van der Waals surface area contributed by atoms with Crippen molar-refractivity contribution in [2.75, 3.05) is 0 Å². The summed E-state index contributed by atoms with van der Waals surface area (Å²) in [5.74, 6) is -0.225. The Balaban J connectivity index is 1.39. The monoisotopic (exact) mass is 399 g/mol. The first-order chi connectivity index (χ1) is 14.6. The average Bonchev–Trinajstić information content (AvgIpc) is 3.13. The van der Waals surface area contributed by atoms with Gasteiger partial charge in [-0.25, -0.2) is 0 Å². The second kappa shape index (κ2) is 8.53. The zero-order valence-electron chi connectivity index (χ0n) is 16.5. The van der Waals surface area contributed by atoms with Crippen molar-refractivity contribution in [2.45, 2.75) is 6.61 Å². The predicted octanol–water partition coefficient (Wildman–Crippen LogP) is 3.83. The van der Waals surface area contributed by atoms with Gasteiger partial charge in [0.2, 0.25) is 0 Å². The Morgan fingerprint density at radius 2 is 1.60 bits per heavy atom. The third-order valence-corrected chi connectivity index (χ3v) is 4.78. The number of carbonyl (C=O) groups is 2. The number of para-hydroxylation sites is 1. The van der Waals surface area contributed by atoms with Gasteiger partial charge >= 0.3 is 0 Å². The third kappa shape index (κ3) is 4.17. The van der Waals surface area contributed by atoms with Crippen molar-refractivity contribution >= 4 is 22.7 Å². The number of carbonyl (C=O) groups excluding carboxylic acids is 2. The molecular formula is C24H21N3O3. The molecule has 4 aromatic rings. The quantitative estimate of drug-likeness (QED) is 0.501. The molecule has 0 aliphatic rings. The molecule has 1 heterocycles. The molecule has 0 saturated carbocycles. The number of benzene rings is 3. The summed E-state index contributed by atoms with van der Waals surface area (Å²) in [5, 5.41) is 0.822. The van der Waals surface area contributed by atoms with Gasteiger partial charge in [0.15, 0.2) is 0 Å².